The second-order valence-corrected chi connectivity index (χ2v) is 4.69. The number of carboxylic acids is 1. The highest BCUT2D eigenvalue weighted by atomic mass is 19.1. The second kappa shape index (κ2) is 9.08. The highest BCUT2D eigenvalue weighted by Crippen LogP contribution is 2.22. The van der Waals surface area contributed by atoms with E-state index < -0.39 is 5.97 Å². The van der Waals surface area contributed by atoms with E-state index in [1.807, 2.05) is 12.1 Å². The molecule has 2 nitrogen and oxygen atoms in total. The Labute approximate surface area is 119 Å². The zero-order valence-electron chi connectivity index (χ0n) is 11.8. The van der Waals surface area contributed by atoms with Crippen molar-refractivity contribution in [3.8, 4) is 0 Å². The fourth-order valence-electron chi connectivity index (χ4n) is 1.93. The SMILES string of the molecule is CCCCC/C(=C/C=C/CC(=O)O)c1cccc(F)c1. The molecule has 1 aromatic carbocycles. The Hall–Kier alpha value is -1.90. The topological polar surface area (TPSA) is 37.3 Å². The number of rotatable bonds is 8. The first-order chi connectivity index (χ1) is 9.63. The van der Waals surface area contributed by atoms with Crippen LogP contribution in [0.15, 0.2) is 42.5 Å². The number of aliphatic carboxylic acids is 1. The van der Waals surface area contributed by atoms with Gasteiger partial charge in [-0.15, -0.1) is 0 Å². The van der Waals surface area contributed by atoms with E-state index in [9.17, 15) is 9.18 Å². The molecule has 1 N–H and O–H groups in total. The van der Waals surface area contributed by atoms with E-state index in [-0.39, 0.29) is 12.2 Å². The molecule has 0 aromatic heterocycles. The van der Waals surface area contributed by atoms with Gasteiger partial charge in [-0.05, 0) is 36.1 Å². The van der Waals surface area contributed by atoms with Gasteiger partial charge < -0.3 is 5.11 Å². The average Bonchev–Trinajstić information content (AvgIpc) is 2.41. The maximum atomic E-state index is 13.3. The number of benzene rings is 1. The number of carboxylic acid groups (broad SMARTS) is 1. The van der Waals surface area contributed by atoms with E-state index in [4.69, 9.17) is 5.11 Å². The van der Waals surface area contributed by atoms with Crippen LogP contribution in [-0.2, 0) is 4.79 Å². The van der Waals surface area contributed by atoms with Crippen molar-refractivity contribution in [2.45, 2.75) is 39.0 Å². The van der Waals surface area contributed by atoms with Gasteiger partial charge in [0.1, 0.15) is 5.82 Å². The standard InChI is InChI=1S/C17H21FO2/c1-2-3-4-8-14(9-5-6-12-17(19)20)15-10-7-11-16(18)13-15/h5-7,9-11,13H,2-4,8,12H2,1H3,(H,19,20)/b6-5+,14-9-. The number of halogens is 1. The molecule has 0 saturated heterocycles. The minimum Gasteiger partial charge on any atom is -0.481 e. The van der Waals surface area contributed by atoms with Crippen LogP contribution in [0, 0.1) is 5.82 Å². The van der Waals surface area contributed by atoms with Gasteiger partial charge in [0.05, 0.1) is 6.42 Å². The van der Waals surface area contributed by atoms with E-state index in [1.54, 1.807) is 18.2 Å². The zero-order chi connectivity index (χ0) is 14.8. The number of hydrogen-bond donors (Lipinski definition) is 1. The van der Waals surface area contributed by atoms with E-state index in [0.29, 0.717) is 0 Å². The van der Waals surface area contributed by atoms with Crippen molar-refractivity contribution >= 4 is 11.5 Å². The van der Waals surface area contributed by atoms with Crippen molar-refractivity contribution in [1.29, 1.82) is 0 Å². The summed E-state index contributed by atoms with van der Waals surface area (Å²) >= 11 is 0. The Balaban J connectivity index is 2.81. The van der Waals surface area contributed by atoms with Crippen molar-refractivity contribution < 1.29 is 14.3 Å². The van der Waals surface area contributed by atoms with Crippen LogP contribution in [0.2, 0.25) is 0 Å². The smallest absolute Gasteiger partial charge is 0.307 e. The summed E-state index contributed by atoms with van der Waals surface area (Å²) in [5, 5.41) is 8.58. The third kappa shape index (κ3) is 6.32. The first-order valence-electron chi connectivity index (χ1n) is 6.97. The molecule has 0 fully saturated rings. The van der Waals surface area contributed by atoms with Crippen molar-refractivity contribution in [2.75, 3.05) is 0 Å². The fourth-order valence-corrected chi connectivity index (χ4v) is 1.93. The fraction of sp³-hybridized carbons (Fsp3) is 0.353. The Morgan fingerprint density at radius 2 is 2.15 bits per heavy atom. The quantitative estimate of drug-likeness (QED) is 0.546. The van der Waals surface area contributed by atoms with Gasteiger partial charge in [0.25, 0.3) is 0 Å². The second-order valence-electron chi connectivity index (χ2n) is 4.69. The largest absolute Gasteiger partial charge is 0.481 e. The summed E-state index contributed by atoms with van der Waals surface area (Å²) in [4.78, 5) is 10.4. The predicted octanol–water partition coefficient (Wildman–Crippen LogP) is 4.82. The lowest BCUT2D eigenvalue weighted by Crippen LogP contribution is -1.90. The van der Waals surface area contributed by atoms with Crippen LogP contribution >= 0.6 is 0 Å². The van der Waals surface area contributed by atoms with Gasteiger partial charge in [-0.25, -0.2) is 4.39 Å². The van der Waals surface area contributed by atoms with Gasteiger partial charge in [0, 0.05) is 0 Å². The zero-order valence-corrected chi connectivity index (χ0v) is 11.8. The normalized spacial score (nSPS) is 12.0. The van der Waals surface area contributed by atoms with Gasteiger partial charge in [-0.3, -0.25) is 4.79 Å². The lowest BCUT2D eigenvalue weighted by Gasteiger charge is -2.07. The van der Waals surface area contributed by atoms with Crippen molar-refractivity contribution in [3.05, 3.63) is 53.9 Å². The Morgan fingerprint density at radius 1 is 1.35 bits per heavy atom. The van der Waals surface area contributed by atoms with Crippen LogP contribution in [-0.4, -0.2) is 11.1 Å². The lowest BCUT2D eigenvalue weighted by molar-refractivity contribution is -0.136. The van der Waals surface area contributed by atoms with E-state index in [1.165, 1.54) is 12.1 Å². The van der Waals surface area contributed by atoms with Crippen molar-refractivity contribution in [2.24, 2.45) is 0 Å². The minimum atomic E-state index is -0.854. The van der Waals surface area contributed by atoms with Gasteiger partial charge in [-0.2, -0.15) is 0 Å². The number of hydrogen-bond acceptors (Lipinski definition) is 1. The molecule has 108 valence electrons. The number of allylic oxidation sites excluding steroid dienone is 3. The molecule has 3 heteroatoms. The van der Waals surface area contributed by atoms with Crippen LogP contribution in [0.4, 0.5) is 4.39 Å². The summed E-state index contributed by atoms with van der Waals surface area (Å²) in [7, 11) is 0. The summed E-state index contributed by atoms with van der Waals surface area (Å²) in [6, 6.07) is 6.52. The molecule has 0 bridgehead atoms. The summed E-state index contributed by atoms with van der Waals surface area (Å²) in [5.74, 6) is -1.11. The molecule has 0 aliphatic rings. The summed E-state index contributed by atoms with van der Waals surface area (Å²) in [6.07, 6.45) is 9.40. The molecule has 1 rings (SSSR count). The van der Waals surface area contributed by atoms with Crippen molar-refractivity contribution in [3.63, 3.8) is 0 Å². The summed E-state index contributed by atoms with van der Waals surface area (Å²) < 4.78 is 13.3. The molecule has 0 saturated carbocycles. The monoisotopic (exact) mass is 276 g/mol. The molecular formula is C17H21FO2. The first kappa shape index (κ1) is 16.2. The average molecular weight is 276 g/mol. The molecule has 0 aliphatic carbocycles. The van der Waals surface area contributed by atoms with Crippen molar-refractivity contribution in [1.82, 2.24) is 0 Å². The lowest BCUT2D eigenvalue weighted by atomic mass is 9.99. The van der Waals surface area contributed by atoms with Gasteiger partial charge in [0.2, 0.25) is 0 Å². The van der Waals surface area contributed by atoms with Crippen LogP contribution in [0.5, 0.6) is 0 Å². The highest BCUT2D eigenvalue weighted by molar-refractivity contribution is 5.70. The number of unbranched alkanes of at least 4 members (excludes halogenated alkanes) is 2. The third-order valence-corrected chi connectivity index (χ3v) is 2.97. The van der Waals surface area contributed by atoms with Crippen LogP contribution in [0.25, 0.3) is 5.57 Å². The van der Waals surface area contributed by atoms with Crippen LogP contribution in [0.1, 0.15) is 44.6 Å². The molecule has 20 heavy (non-hydrogen) atoms. The molecule has 0 heterocycles. The van der Waals surface area contributed by atoms with Gasteiger partial charge in [-0.1, -0.05) is 50.1 Å². The molecular weight excluding hydrogens is 255 g/mol. The minimum absolute atomic E-state index is 0.00188. The predicted molar refractivity (Wildman–Crippen MR) is 79.9 cm³/mol. The van der Waals surface area contributed by atoms with Gasteiger partial charge in [0.15, 0.2) is 0 Å². The van der Waals surface area contributed by atoms with E-state index >= 15 is 0 Å². The molecule has 0 spiro atoms. The molecule has 0 atom stereocenters. The highest BCUT2D eigenvalue weighted by Gasteiger charge is 2.02. The van der Waals surface area contributed by atoms with Gasteiger partial charge >= 0.3 is 5.97 Å². The molecule has 0 unspecified atom stereocenters. The Morgan fingerprint density at radius 3 is 2.80 bits per heavy atom. The molecule has 0 amide bonds. The molecule has 0 aliphatic heterocycles. The summed E-state index contributed by atoms with van der Waals surface area (Å²) in [5.41, 5.74) is 1.90. The van der Waals surface area contributed by atoms with E-state index in [0.717, 1.165) is 36.8 Å². The maximum Gasteiger partial charge on any atom is 0.307 e. The summed E-state index contributed by atoms with van der Waals surface area (Å²) in [6.45, 7) is 2.14. The number of carbonyl (C=O) groups is 1. The van der Waals surface area contributed by atoms with E-state index in [2.05, 4.69) is 6.92 Å². The Kier molecular flexibility index (Phi) is 7.33. The Bertz CT molecular complexity index is 490. The first-order valence-corrected chi connectivity index (χ1v) is 6.97. The third-order valence-electron chi connectivity index (χ3n) is 2.97. The molecule has 0 radical (unpaired) electrons. The molecule has 1 aromatic rings. The van der Waals surface area contributed by atoms with Crippen LogP contribution < -0.4 is 0 Å². The van der Waals surface area contributed by atoms with Crippen LogP contribution in [0.3, 0.4) is 0 Å². The maximum absolute atomic E-state index is 13.3.